The summed E-state index contributed by atoms with van der Waals surface area (Å²) in [5.74, 6) is -3.13. The first kappa shape index (κ1) is 22.1. The molecule has 2 aromatic carbocycles. The highest BCUT2D eigenvalue weighted by Gasteiger charge is 2.26. The lowest BCUT2D eigenvalue weighted by atomic mass is 10.2. The van der Waals surface area contributed by atoms with E-state index in [9.17, 15) is 40.6 Å². The molecule has 0 unspecified atom stereocenters. The number of carbonyl (C=O) groups excluding carboxylic acids is 1. The predicted octanol–water partition coefficient (Wildman–Crippen LogP) is 1.28. The Morgan fingerprint density at radius 2 is 1.55 bits per heavy atom. The van der Waals surface area contributed by atoms with Crippen molar-refractivity contribution in [2.75, 3.05) is 0 Å². The van der Waals surface area contributed by atoms with E-state index in [-0.39, 0.29) is 5.56 Å². The van der Waals surface area contributed by atoms with Crippen LogP contribution in [0.25, 0.3) is 5.69 Å². The molecule has 3 aromatic rings. The molecule has 0 aliphatic carbocycles. The number of hydrogen-bond acceptors (Lipinski definition) is 8. The van der Waals surface area contributed by atoms with Crippen LogP contribution in [0.2, 0.25) is 0 Å². The average Bonchev–Trinajstić information content (AvgIpc) is 3.11. The molecular weight excluding hydrogens is 456 g/mol. The number of aromatic carboxylic acids is 1. The van der Waals surface area contributed by atoms with Crippen LogP contribution in [0.5, 0.6) is 5.88 Å². The van der Waals surface area contributed by atoms with Gasteiger partial charge in [-0.3, -0.25) is 9.11 Å². The maximum absolute atomic E-state index is 12.4. The fraction of sp³-hybridized carbons (Fsp3) is 0. The van der Waals surface area contributed by atoms with Gasteiger partial charge >= 0.3 is 11.9 Å². The second kappa shape index (κ2) is 7.92. The lowest BCUT2D eigenvalue weighted by Gasteiger charge is -2.12. The minimum Gasteiger partial charge on any atom is -0.476 e. The smallest absolute Gasteiger partial charge is 0.356 e. The summed E-state index contributed by atoms with van der Waals surface area (Å²) in [6.07, 6.45) is 0. The van der Waals surface area contributed by atoms with E-state index in [0.29, 0.717) is 22.9 Å². The number of nitrogens with zero attached hydrogens (tertiary/aromatic N) is 2. The molecule has 14 heteroatoms. The Balaban J connectivity index is 2.24. The number of rotatable bonds is 6. The van der Waals surface area contributed by atoms with Gasteiger partial charge in [-0.25, -0.2) is 9.59 Å². The van der Waals surface area contributed by atoms with Crippen molar-refractivity contribution in [3.05, 3.63) is 65.9 Å². The first-order valence-electron chi connectivity index (χ1n) is 8.08. The van der Waals surface area contributed by atoms with Crippen molar-refractivity contribution in [1.29, 1.82) is 0 Å². The van der Waals surface area contributed by atoms with Crippen LogP contribution in [0.3, 0.4) is 0 Å². The van der Waals surface area contributed by atoms with E-state index < -0.39 is 59.2 Å². The second-order valence-electron chi connectivity index (χ2n) is 5.92. The molecule has 3 rings (SSSR count). The van der Waals surface area contributed by atoms with Gasteiger partial charge in [0.1, 0.15) is 4.90 Å². The summed E-state index contributed by atoms with van der Waals surface area (Å²) >= 11 is 0. The van der Waals surface area contributed by atoms with Gasteiger partial charge in [0.15, 0.2) is 5.69 Å². The van der Waals surface area contributed by atoms with E-state index in [0.717, 1.165) is 6.07 Å². The molecule has 0 radical (unpaired) electrons. The number of hydrogen-bond donors (Lipinski definition) is 3. The standard InChI is InChI=1S/C17H12N2O10S2/c20-16(21)12-9-15(29-17(22)10-4-2-1-3-5-10)19(18-12)13-8-11(30(23,24)25)6-7-14(13)31(26,27)28/h1-9H,(H,20,21)(H,23,24,25)(H,26,27,28). The first-order valence-corrected chi connectivity index (χ1v) is 11.0. The molecule has 0 aliphatic rings. The number of benzene rings is 2. The summed E-state index contributed by atoms with van der Waals surface area (Å²) in [5, 5.41) is 12.8. The van der Waals surface area contributed by atoms with Gasteiger partial charge in [-0.2, -0.15) is 26.6 Å². The molecule has 0 aliphatic heterocycles. The van der Waals surface area contributed by atoms with Gasteiger partial charge < -0.3 is 9.84 Å². The van der Waals surface area contributed by atoms with Crippen molar-refractivity contribution in [2.45, 2.75) is 9.79 Å². The Bertz CT molecular complexity index is 1390. The number of carboxylic acids is 1. The number of carbonyl (C=O) groups is 2. The zero-order valence-corrected chi connectivity index (χ0v) is 16.7. The SMILES string of the molecule is O=C(Oc1cc(C(=O)O)nn1-c1cc(S(=O)(=O)O)ccc1S(=O)(=O)O)c1ccccc1. The molecule has 1 aromatic heterocycles. The van der Waals surface area contributed by atoms with Crippen LogP contribution in [0.15, 0.2) is 64.4 Å². The Kier molecular flexibility index (Phi) is 5.64. The monoisotopic (exact) mass is 468 g/mol. The van der Waals surface area contributed by atoms with Crippen LogP contribution >= 0.6 is 0 Å². The third kappa shape index (κ3) is 4.77. The van der Waals surface area contributed by atoms with Crippen molar-refractivity contribution in [3.63, 3.8) is 0 Å². The highest BCUT2D eigenvalue weighted by molar-refractivity contribution is 7.86. The van der Waals surface area contributed by atoms with Gasteiger partial charge in [0.2, 0.25) is 5.88 Å². The highest BCUT2D eigenvalue weighted by atomic mass is 32.2. The molecule has 0 amide bonds. The maximum Gasteiger partial charge on any atom is 0.356 e. The Morgan fingerprint density at radius 3 is 2.10 bits per heavy atom. The van der Waals surface area contributed by atoms with Crippen LogP contribution in [-0.4, -0.2) is 52.8 Å². The van der Waals surface area contributed by atoms with E-state index in [4.69, 9.17) is 4.74 Å². The number of aromatic nitrogens is 2. The molecule has 0 atom stereocenters. The molecule has 0 saturated carbocycles. The minimum absolute atomic E-state index is 0.0637. The Labute approximate surface area is 174 Å². The average molecular weight is 468 g/mol. The van der Waals surface area contributed by atoms with E-state index in [1.54, 1.807) is 6.07 Å². The Hall–Kier alpha value is -3.59. The molecule has 12 nitrogen and oxygen atoms in total. The number of esters is 1. The van der Waals surface area contributed by atoms with Crippen LogP contribution < -0.4 is 4.74 Å². The zero-order valence-electron chi connectivity index (χ0n) is 15.1. The minimum atomic E-state index is -4.98. The highest BCUT2D eigenvalue weighted by Crippen LogP contribution is 2.28. The molecule has 0 fully saturated rings. The van der Waals surface area contributed by atoms with Crippen LogP contribution in [0, 0.1) is 0 Å². The van der Waals surface area contributed by atoms with Crippen molar-refractivity contribution in [2.24, 2.45) is 0 Å². The molecule has 0 bridgehead atoms. The molecular formula is C17H12N2O10S2. The van der Waals surface area contributed by atoms with E-state index in [1.165, 1.54) is 24.3 Å². The fourth-order valence-corrected chi connectivity index (χ4v) is 3.63. The molecule has 3 N–H and O–H groups in total. The van der Waals surface area contributed by atoms with Gasteiger partial charge in [-0.15, -0.1) is 0 Å². The van der Waals surface area contributed by atoms with Crippen molar-refractivity contribution in [1.82, 2.24) is 9.78 Å². The topological polar surface area (TPSA) is 190 Å². The van der Waals surface area contributed by atoms with Gasteiger partial charge in [-0.05, 0) is 30.3 Å². The molecule has 0 saturated heterocycles. The largest absolute Gasteiger partial charge is 0.476 e. The van der Waals surface area contributed by atoms with Crippen LogP contribution in [0.4, 0.5) is 0 Å². The second-order valence-corrected chi connectivity index (χ2v) is 8.73. The third-order valence-electron chi connectivity index (χ3n) is 3.84. The van der Waals surface area contributed by atoms with Crippen molar-refractivity contribution < 1.29 is 45.4 Å². The summed E-state index contributed by atoms with van der Waals surface area (Å²) in [6, 6.07) is 10.2. The summed E-state index contributed by atoms with van der Waals surface area (Å²) in [7, 11) is -9.80. The van der Waals surface area contributed by atoms with Gasteiger partial charge in [0.05, 0.1) is 16.1 Å². The van der Waals surface area contributed by atoms with Crippen molar-refractivity contribution >= 4 is 32.2 Å². The van der Waals surface area contributed by atoms with Crippen molar-refractivity contribution in [3.8, 4) is 11.6 Å². The summed E-state index contributed by atoms with van der Waals surface area (Å²) < 4.78 is 70.8. The predicted molar refractivity (Wildman–Crippen MR) is 102 cm³/mol. The van der Waals surface area contributed by atoms with Crippen LogP contribution in [-0.2, 0) is 20.2 Å². The van der Waals surface area contributed by atoms with Crippen LogP contribution in [0.1, 0.15) is 20.8 Å². The van der Waals surface area contributed by atoms with E-state index >= 15 is 0 Å². The van der Waals surface area contributed by atoms with Gasteiger partial charge in [0, 0.05) is 6.07 Å². The number of ether oxygens (including phenoxy) is 1. The molecule has 1 heterocycles. The van der Waals surface area contributed by atoms with Gasteiger partial charge in [-0.1, -0.05) is 18.2 Å². The molecule has 31 heavy (non-hydrogen) atoms. The van der Waals surface area contributed by atoms with E-state index in [2.05, 4.69) is 5.10 Å². The lowest BCUT2D eigenvalue weighted by molar-refractivity contribution is 0.0686. The maximum atomic E-state index is 12.4. The normalized spacial score (nSPS) is 11.8. The Morgan fingerprint density at radius 1 is 0.903 bits per heavy atom. The lowest BCUT2D eigenvalue weighted by Crippen LogP contribution is -2.14. The van der Waals surface area contributed by atoms with Gasteiger partial charge in [0.25, 0.3) is 20.2 Å². The first-order chi connectivity index (χ1) is 14.4. The third-order valence-corrected chi connectivity index (χ3v) is 5.59. The van der Waals surface area contributed by atoms with E-state index in [1.807, 2.05) is 0 Å². The molecule has 162 valence electrons. The summed E-state index contributed by atoms with van der Waals surface area (Å²) in [5.41, 5.74) is -1.32. The summed E-state index contributed by atoms with van der Waals surface area (Å²) in [6.45, 7) is 0. The zero-order chi connectivity index (χ0) is 23.0. The quantitative estimate of drug-likeness (QED) is 0.349. The fourth-order valence-electron chi connectivity index (χ4n) is 2.48. The summed E-state index contributed by atoms with van der Waals surface area (Å²) in [4.78, 5) is 22.0. The number of carboxylic acid groups (broad SMARTS) is 1. The molecule has 0 spiro atoms.